The van der Waals surface area contributed by atoms with Crippen LogP contribution in [0.25, 0.3) is 10.9 Å². The summed E-state index contributed by atoms with van der Waals surface area (Å²) in [6.07, 6.45) is 0.960. The maximum Gasteiger partial charge on any atom is 0.199 e. The van der Waals surface area contributed by atoms with Gasteiger partial charge in [0.05, 0.1) is 22.5 Å². The molecule has 1 heterocycles. The van der Waals surface area contributed by atoms with E-state index < -0.39 is 0 Å². The number of aromatic nitrogens is 1. The van der Waals surface area contributed by atoms with E-state index in [-0.39, 0.29) is 5.88 Å². The molecule has 0 fully saturated rings. The van der Waals surface area contributed by atoms with Crippen molar-refractivity contribution in [1.29, 1.82) is 0 Å². The Morgan fingerprint density at radius 2 is 1.81 bits per heavy atom. The molecular weight excluding hydrogens is 408 g/mol. The summed E-state index contributed by atoms with van der Waals surface area (Å²) in [6, 6.07) is 23.5. The summed E-state index contributed by atoms with van der Waals surface area (Å²) in [4.78, 5) is 7.94. The molecule has 5 nitrogen and oxygen atoms in total. The van der Waals surface area contributed by atoms with Gasteiger partial charge in [0, 0.05) is 22.5 Å². The maximum absolute atomic E-state index is 10.7. The van der Waals surface area contributed by atoms with Crippen LogP contribution >= 0.6 is 11.6 Å². The fraction of sp³-hybridized carbons (Fsp3) is 0.160. The van der Waals surface area contributed by atoms with Crippen molar-refractivity contribution >= 4 is 33.9 Å². The predicted octanol–water partition coefficient (Wildman–Crippen LogP) is 5.13. The van der Waals surface area contributed by atoms with Gasteiger partial charge in [0.1, 0.15) is 0 Å². The van der Waals surface area contributed by atoms with Gasteiger partial charge >= 0.3 is 0 Å². The van der Waals surface area contributed by atoms with Crippen LogP contribution in [-0.2, 0) is 6.54 Å². The standard InChI is InChI=1S/C25H25ClN4O/c26-19-9-12-21-22(15-19)30-25(31)23(21)24(18-5-2-1-3-6-18)29-20-10-7-17(8-11-20)16-28-14-4-13-27/h1-3,5-12,15,28,30-31H,4,13-14,16,27H2. The summed E-state index contributed by atoms with van der Waals surface area (Å²) in [6.45, 7) is 2.38. The van der Waals surface area contributed by atoms with Gasteiger partial charge in [-0.1, -0.05) is 60.1 Å². The molecule has 0 unspecified atom stereocenters. The molecule has 6 heteroatoms. The predicted molar refractivity (Wildman–Crippen MR) is 129 cm³/mol. The third-order valence-corrected chi connectivity index (χ3v) is 5.32. The lowest BCUT2D eigenvalue weighted by molar-refractivity contribution is 0.457. The van der Waals surface area contributed by atoms with E-state index in [1.807, 2.05) is 54.6 Å². The number of rotatable bonds is 8. The van der Waals surface area contributed by atoms with Gasteiger partial charge in [-0.3, -0.25) is 0 Å². The van der Waals surface area contributed by atoms with E-state index in [1.54, 1.807) is 6.07 Å². The number of benzene rings is 3. The van der Waals surface area contributed by atoms with Crippen LogP contribution in [0.15, 0.2) is 77.8 Å². The summed E-state index contributed by atoms with van der Waals surface area (Å²) in [5.74, 6) is 0.0700. The number of aliphatic imine (C=N–C) groups is 1. The molecule has 3 aromatic carbocycles. The van der Waals surface area contributed by atoms with Gasteiger partial charge in [0.25, 0.3) is 0 Å². The lowest BCUT2D eigenvalue weighted by Gasteiger charge is -2.09. The zero-order chi connectivity index (χ0) is 21.6. The minimum Gasteiger partial charge on any atom is -0.494 e. The third kappa shape index (κ3) is 4.97. The van der Waals surface area contributed by atoms with Crippen LogP contribution in [0.3, 0.4) is 0 Å². The molecule has 31 heavy (non-hydrogen) atoms. The first-order valence-corrected chi connectivity index (χ1v) is 10.7. The second-order valence-electron chi connectivity index (χ2n) is 7.35. The second kappa shape index (κ2) is 9.79. The molecule has 4 aromatic rings. The van der Waals surface area contributed by atoms with Gasteiger partial charge in [-0.25, -0.2) is 4.99 Å². The molecule has 1 aromatic heterocycles. The van der Waals surface area contributed by atoms with Crippen LogP contribution in [0.4, 0.5) is 5.69 Å². The van der Waals surface area contributed by atoms with Crippen molar-refractivity contribution in [3.8, 4) is 5.88 Å². The minimum atomic E-state index is 0.0700. The van der Waals surface area contributed by atoms with Crippen LogP contribution in [0.5, 0.6) is 5.88 Å². The molecule has 0 saturated heterocycles. The van der Waals surface area contributed by atoms with E-state index in [4.69, 9.17) is 22.3 Å². The molecule has 0 atom stereocenters. The number of aromatic amines is 1. The molecule has 158 valence electrons. The molecule has 4 rings (SSSR count). The smallest absolute Gasteiger partial charge is 0.199 e. The van der Waals surface area contributed by atoms with Crippen molar-refractivity contribution in [2.45, 2.75) is 13.0 Å². The highest BCUT2D eigenvalue weighted by Crippen LogP contribution is 2.32. The number of hydrogen-bond acceptors (Lipinski definition) is 4. The largest absolute Gasteiger partial charge is 0.494 e. The first-order chi connectivity index (χ1) is 15.2. The van der Waals surface area contributed by atoms with Crippen LogP contribution in [0.1, 0.15) is 23.1 Å². The third-order valence-electron chi connectivity index (χ3n) is 5.09. The van der Waals surface area contributed by atoms with E-state index in [0.29, 0.717) is 22.8 Å². The van der Waals surface area contributed by atoms with Crippen molar-refractivity contribution in [2.24, 2.45) is 10.7 Å². The van der Waals surface area contributed by atoms with Crippen LogP contribution in [0, 0.1) is 0 Å². The number of nitrogens with two attached hydrogens (primary N) is 1. The van der Waals surface area contributed by atoms with Crippen molar-refractivity contribution in [3.05, 3.63) is 94.5 Å². The number of halogens is 1. The number of H-pyrrole nitrogens is 1. The molecule has 0 aliphatic heterocycles. The maximum atomic E-state index is 10.7. The van der Waals surface area contributed by atoms with E-state index in [0.717, 1.165) is 41.7 Å². The number of aromatic hydroxyl groups is 1. The van der Waals surface area contributed by atoms with Crippen molar-refractivity contribution < 1.29 is 5.11 Å². The highest BCUT2D eigenvalue weighted by atomic mass is 35.5. The molecule has 0 aliphatic rings. The van der Waals surface area contributed by atoms with E-state index in [9.17, 15) is 5.11 Å². The highest BCUT2D eigenvalue weighted by molar-refractivity contribution is 6.31. The Labute approximate surface area is 186 Å². The van der Waals surface area contributed by atoms with Crippen LogP contribution in [0.2, 0.25) is 5.02 Å². The molecule has 0 bridgehead atoms. The number of fused-ring (bicyclic) bond motifs is 1. The Hall–Kier alpha value is -3.12. The quantitative estimate of drug-likeness (QED) is 0.230. The monoisotopic (exact) mass is 432 g/mol. The molecular formula is C25H25ClN4O. The normalized spacial score (nSPS) is 11.9. The minimum absolute atomic E-state index is 0.0700. The Balaban J connectivity index is 1.72. The fourth-order valence-electron chi connectivity index (χ4n) is 3.53. The molecule has 0 amide bonds. The van der Waals surface area contributed by atoms with Crippen LogP contribution in [-0.4, -0.2) is 28.9 Å². The zero-order valence-corrected chi connectivity index (χ0v) is 17.9. The second-order valence-corrected chi connectivity index (χ2v) is 7.79. The number of nitrogens with one attached hydrogen (secondary N) is 2. The average Bonchev–Trinajstić information content (AvgIpc) is 3.11. The summed E-state index contributed by atoms with van der Waals surface area (Å²) in [5.41, 5.74) is 10.6. The molecule has 0 saturated carbocycles. The van der Waals surface area contributed by atoms with Gasteiger partial charge in [0.2, 0.25) is 0 Å². The topological polar surface area (TPSA) is 86.4 Å². The van der Waals surface area contributed by atoms with Crippen molar-refractivity contribution in [1.82, 2.24) is 10.3 Å². The zero-order valence-electron chi connectivity index (χ0n) is 17.1. The van der Waals surface area contributed by atoms with Gasteiger partial charge in [-0.15, -0.1) is 0 Å². The lowest BCUT2D eigenvalue weighted by Crippen LogP contribution is -2.17. The fourth-order valence-corrected chi connectivity index (χ4v) is 3.71. The Kier molecular flexibility index (Phi) is 6.67. The first kappa shape index (κ1) is 21.1. The molecule has 0 spiro atoms. The summed E-state index contributed by atoms with van der Waals surface area (Å²) in [5, 5.41) is 15.6. The number of nitrogens with zero attached hydrogens (tertiary/aromatic N) is 1. The Morgan fingerprint density at radius 1 is 1.03 bits per heavy atom. The van der Waals surface area contributed by atoms with Crippen molar-refractivity contribution in [2.75, 3.05) is 13.1 Å². The van der Waals surface area contributed by atoms with E-state index in [2.05, 4.69) is 22.4 Å². The van der Waals surface area contributed by atoms with Crippen LogP contribution < -0.4 is 11.1 Å². The van der Waals surface area contributed by atoms with Crippen molar-refractivity contribution in [3.63, 3.8) is 0 Å². The molecule has 0 aliphatic carbocycles. The van der Waals surface area contributed by atoms with E-state index in [1.165, 1.54) is 5.56 Å². The summed E-state index contributed by atoms with van der Waals surface area (Å²) < 4.78 is 0. The lowest BCUT2D eigenvalue weighted by atomic mass is 10.0. The van der Waals surface area contributed by atoms with Gasteiger partial charge in [-0.05, 0) is 49.3 Å². The van der Waals surface area contributed by atoms with Gasteiger partial charge in [-0.2, -0.15) is 0 Å². The first-order valence-electron chi connectivity index (χ1n) is 10.3. The molecule has 5 N–H and O–H groups in total. The average molecular weight is 433 g/mol. The number of hydrogen-bond donors (Lipinski definition) is 4. The molecule has 0 radical (unpaired) electrons. The highest BCUT2D eigenvalue weighted by Gasteiger charge is 2.18. The van der Waals surface area contributed by atoms with Gasteiger partial charge in [0.15, 0.2) is 5.88 Å². The Morgan fingerprint density at radius 3 is 2.55 bits per heavy atom. The SMILES string of the molecule is NCCCNCc1ccc(N=C(c2ccccc2)c2c(O)[nH]c3cc(Cl)ccc23)cc1. The Bertz CT molecular complexity index is 1180. The van der Waals surface area contributed by atoms with Gasteiger partial charge < -0.3 is 21.1 Å². The van der Waals surface area contributed by atoms with E-state index >= 15 is 0 Å². The summed E-state index contributed by atoms with van der Waals surface area (Å²) in [7, 11) is 0. The summed E-state index contributed by atoms with van der Waals surface area (Å²) >= 11 is 6.13.